The Hall–Kier alpha value is -2.03. The van der Waals surface area contributed by atoms with Crippen LogP contribution in [-0.2, 0) is 11.5 Å². The van der Waals surface area contributed by atoms with Gasteiger partial charge in [0.1, 0.15) is 11.5 Å². The molecule has 0 unspecified atom stereocenters. The molecule has 0 radical (unpaired) electrons. The van der Waals surface area contributed by atoms with Gasteiger partial charge in [-0.05, 0) is 35.9 Å². The number of hydrogen-bond acceptors (Lipinski definition) is 6. The Morgan fingerprint density at radius 2 is 1.89 bits per heavy atom. The number of amides is 1. The SMILES string of the molecule is COc1cc(CSCc2csc(NC(=O)c3cccc(Br)c3)n2)cc(OC)c1. The van der Waals surface area contributed by atoms with E-state index < -0.39 is 0 Å². The van der Waals surface area contributed by atoms with Crippen molar-refractivity contribution in [2.45, 2.75) is 11.5 Å². The summed E-state index contributed by atoms with van der Waals surface area (Å²) in [5, 5.41) is 5.42. The smallest absolute Gasteiger partial charge is 0.257 e. The third-order valence-electron chi connectivity index (χ3n) is 3.79. The molecule has 1 heterocycles. The molecule has 5 nitrogen and oxygen atoms in total. The fourth-order valence-corrected chi connectivity index (χ4v) is 4.52. The molecule has 0 saturated carbocycles. The van der Waals surface area contributed by atoms with Crippen molar-refractivity contribution >= 4 is 50.1 Å². The van der Waals surface area contributed by atoms with Crippen molar-refractivity contribution in [2.75, 3.05) is 19.5 Å². The number of halogens is 1. The normalized spacial score (nSPS) is 10.5. The number of methoxy groups -OCH3 is 2. The zero-order valence-electron chi connectivity index (χ0n) is 15.4. The van der Waals surface area contributed by atoms with E-state index in [0.717, 1.165) is 38.7 Å². The molecule has 3 aromatic rings. The number of thioether (sulfide) groups is 1. The van der Waals surface area contributed by atoms with E-state index in [9.17, 15) is 4.79 Å². The standard InChI is InChI=1S/C20H19BrN2O3S2/c1-25-17-6-13(7-18(9-17)26-2)10-27-11-16-12-28-20(22-16)23-19(24)14-4-3-5-15(21)8-14/h3-9,12H,10-11H2,1-2H3,(H,22,23,24). The van der Waals surface area contributed by atoms with Crippen molar-refractivity contribution in [2.24, 2.45) is 0 Å². The van der Waals surface area contributed by atoms with E-state index in [0.29, 0.717) is 10.7 Å². The number of ether oxygens (including phenoxy) is 2. The van der Waals surface area contributed by atoms with Crippen LogP contribution >= 0.6 is 39.0 Å². The summed E-state index contributed by atoms with van der Waals surface area (Å²) in [5.41, 5.74) is 2.65. The largest absolute Gasteiger partial charge is 0.497 e. The van der Waals surface area contributed by atoms with Crippen molar-refractivity contribution in [3.63, 3.8) is 0 Å². The number of aromatic nitrogens is 1. The fourth-order valence-electron chi connectivity index (χ4n) is 2.45. The predicted molar refractivity (Wildman–Crippen MR) is 119 cm³/mol. The molecule has 1 amide bonds. The third-order valence-corrected chi connectivity index (χ3v) is 6.13. The van der Waals surface area contributed by atoms with Crippen LogP contribution in [0.25, 0.3) is 0 Å². The lowest BCUT2D eigenvalue weighted by Crippen LogP contribution is -2.11. The van der Waals surface area contributed by atoms with Crippen molar-refractivity contribution in [1.82, 2.24) is 4.98 Å². The zero-order chi connectivity index (χ0) is 19.9. The number of benzene rings is 2. The Morgan fingerprint density at radius 3 is 2.57 bits per heavy atom. The fraction of sp³-hybridized carbons (Fsp3) is 0.200. The maximum atomic E-state index is 12.3. The van der Waals surface area contributed by atoms with Crippen LogP contribution in [0.15, 0.2) is 52.3 Å². The Balaban J connectivity index is 1.54. The van der Waals surface area contributed by atoms with E-state index in [1.165, 1.54) is 11.3 Å². The number of carbonyl (C=O) groups is 1. The summed E-state index contributed by atoms with van der Waals surface area (Å²) in [6.45, 7) is 0. The van der Waals surface area contributed by atoms with Crippen LogP contribution in [0.5, 0.6) is 11.5 Å². The van der Waals surface area contributed by atoms with E-state index in [1.54, 1.807) is 38.1 Å². The molecular formula is C20H19BrN2O3S2. The maximum Gasteiger partial charge on any atom is 0.257 e. The van der Waals surface area contributed by atoms with Gasteiger partial charge in [0, 0.05) is 33.0 Å². The molecule has 0 spiro atoms. The van der Waals surface area contributed by atoms with E-state index >= 15 is 0 Å². The number of nitrogens with zero attached hydrogens (tertiary/aromatic N) is 1. The first-order valence-electron chi connectivity index (χ1n) is 8.38. The molecule has 1 N–H and O–H groups in total. The van der Waals surface area contributed by atoms with Gasteiger partial charge < -0.3 is 9.47 Å². The molecular weight excluding hydrogens is 460 g/mol. The van der Waals surface area contributed by atoms with E-state index in [2.05, 4.69) is 26.2 Å². The number of nitrogens with one attached hydrogen (secondary N) is 1. The van der Waals surface area contributed by atoms with E-state index in [4.69, 9.17) is 9.47 Å². The van der Waals surface area contributed by atoms with Crippen molar-refractivity contribution in [1.29, 1.82) is 0 Å². The zero-order valence-corrected chi connectivity index (χ0v) is 18.6. The average Bonchev–Trinajstić information content (AvgIpc) is 3.14. The molecule has 1 aromatic heterocycles. The highest BCUT2D eigenvalue weighted by molar-refractivity contribution is 9.10. The predicted octanol–water partition coefficient (Wildman–Crippen LogP) is 5.61. The molecule has 3 rings (SSSR count). The number of carbonyl (C=O) groups excluding carboxylic acids is 1. The summed E-state index contributed by atoms with van der Waals surface area (Å²) >= 11 is 6.54. The summed E-state index contributed by atoms with van der Waals surface area (Å²) in [5.74, 6) is 2.95. The first-order chi connectivity index (χ1) is 13.6. The summed E-state index contributed by atoms with van der Waals surface area (Å²) in [7, 11) is 3.29. The topological polar surface area (TPSA) is 60.5 Å². The Morgan fingerprint density at radius 1 is 1.14 bits per heavy atom. The second-order valence-corrected chi connectivity index (χ2v) is 8.58. The maximum absolute atomic E-state index is 12.3. The summed E-state index contributed by atoms with van der Waals surface area (Å²) in [6.07, 6.45) is 0. The van der Waals surface area contributed by atoms with E-state index in [-0.39, 0.29) is 5.91 Å². The molecule has 2 aromatic carbocycles. The molecule has 146 valence electrons. The molecule has 0 aliphatic rings. The molecule has 0 aliphatic heterocycles. The van der Waals surface area contributed by atoms with Gasteiger partial charge in [0.25, 0.3) is 5.91 Å². The van der Waals surface area contributed by atoms with Crippen LogP contribution in [0.3, 0.4) is 0 Å². The van der Waals surface area contributed by atoms with Crippen molar-refractivity contribution in [3.05, 3.63) is 69.1 Å². The molecule has 0 aliphatic carbocycles. The van der Waals surface area contributed by atoms with Gasteiger partial charge in [0.15, 0.2) is 5.13 Å². The monoisotopic (exact) mass is 478 g/mol. The van der Waals surface area contributed by atoms with Crippen molar-refractivity contribution in [3.8, 4) is 11.5 Å². The number of rotatable bonds is 8. The molecule has 28 heavy (non-hydrogen) atoms. The van der Waals surface area contributed by atoms with Crippen LogP contribution in [0.1, 0.15) is 21.6 Å². The van der Waals surface area contributed by atoms with Crippen LogP contribution in [-0.4, -0.2) is 25.1 Å². The number of anilines is 1. The highest BCUT2D eigenvalue weighted by atomic mass is 79.9. The molecule has 8 heteroatoms. The lowest BCUT2D eigenvalue weighted by Gasteiger charge is -2.08. The van der Waals surface area contributed by atoms with Crippen LogP contribution in [0.4, 0.5) is 5.13 Å². The Bertz CT molecular complexity index is 940. The van der Waals surface area contributed by atoms with Gasteiger partial charge in [-0.3, -0.25) is 10.1 Å². The third kappa shape index (κ3) is 5.73. The summed E-state index contributed by atoms with van der Waals surface area (Å²) in [4.78, 5) is 16.8. The average molecular weight is 479 g/mol. The summed E-state index contributed by atoms with van der Waals surface area (Å²) < 4.78 is 11.5. The molecule has 0 bridgehead atoms. The van der Waals surface area contributed by atoms with Gasteiger partial charge in [-0.25, -0.2) is 4.98 Å². The van der Waals surface area contributed by atoms with Gasteiger partial charge in [0.05, 0.1) is 19.9 Å². The number of thiazole rings is 1. The van der Waals surface area contributed by atoms with Gasteiger partial charge in [-0.1, -0.05) is 22.0 Å². The highest BCUT2D eigenvalue weighted by Gasteiger charge is 2.10. The Kier molecular flexibility index (Phi) is 7.36. The lowest BCUT2D eigenvalue weighted by molar-refractivity contribution is 0.102. The molecule has 0 saturated heterocycles. The Labute approximate surface area is 180 Å². The minimum absolute atomic E-state index is 0.168. The minimum atomic E-state index is -0.168. The molecule has 0 atom stereocenters. The second-order valence-electron chi connectivity index (χ2n) is 5.82. The number of hydrogen-bond donors (Lipinski definition) is 1. The van der Waals surface area contributed by atoms with Crippen LogP contribution in [0.2, 0.25) is 0 Å². The van der Waals surface area contributed by atoms with Crippen LogP contribution in [0, 0.1) is 0 Å². The van der Waals surface area contributed by atoms with Gasteiger partial charge in [-0.15, -0.1) is 11.3 Å². The molecule has 0 fully saturated rings. The van der Waals surface area contributed by atoms with Gasteiger partial charge in [0.2, 0.25) is 0 Å². The van der Waals surface area contributed by atoms with Gasteiger partial charge in [-0.2, -0.15) is 11.8 Å². The first kappa shape index (κ1) is 20.7. The quantitative estimate of drug-likeness (QED) is 0.455. The van der Waals surface area contributed by atoms with Gasteiger partial charge >= 0.3 is 0 Å². The van der Waals surface area contributed by atoms with E-state index in [1.807, 2.05) is 35.7 Å². The minimum Gasteiger partial charge on any atom is -0.497 e. The first-order valence-corrected chi connectivity index (χ1v) is 11.2. The summed E-state index contributed by atoms with van der Waals surface area (Å²) in [6, 6.07) is 13.1. The second kappa shape index (κ2) is 9.95. The van der Waals surface area contributed by atoms with Crippen molar-refractivity contribution < 1.29 is 14.3 Å². The lowest BCUT2D eigenvalue weighted by atomic mass is 10.2. The highest BCUT2D eigenvalue weighted by Crippen LogP contribution is 2.27. The van der Waals surface area contributed by atoms with Crippen LogP contribution < -0.4 is 14.8 Å².